The van der Waals surface area contributed by atoms with Crippen LogP contribution in [0.25, 0.3) is 0 Å². The van der Waals surface area contributed by atoms with Gasteiger partial charge in [-0.2, -0.15) is 0 Å². The summed E-state index contributed by atoms with van der Waals surface area (Å²) in [7, 11) is 1.57. The first-order chi connectivity index (χ1) is 9.01. The van der Waals surface area contributed by atoms with E-state index >= 15 is 0 Å². The van der Waals surface area contributed by atoms with E-state index in [1.807, 2.05) is 19.9 Å². The number of hydrogen-bond acceptors (Lipinski definition) is 3. The Hall–Kier alpha value is -1.78. The number of aryl methyl sites for hydroxylation is 2. The predicted molar refractivity (Wildman–Crippen MR) is 77.7 cm³/mol. The van der Waals surface area contributed by atoms with Gasteiger partial charge in [0.1, 0.15) is 17.4 Å². The smallest absolute Gasteiger partial charge is 0.411 e. The number of nitrogens with one attached hydrogen (secondary N) is 1. The first-order valence-electron chi connectivity index (χ1n) is 6.61. The average Bonchev–Trinajstić information content (AvgIpc) is 2.64. The molecule has 0 saturated carbocycles. The highest BCUT2D eigenvalue weighted by Gasteiger charge is 2.38. The van der Waals surface area contributed by atoms with Gasteiger partial charge >= 0.3 is 6.09 Å². The van der Waals surface area contributed by atoms with Crippen molar-refractivity contribution in [3.63, 3.8) is 0 Å². The van der Waals surface area contributed by atoms with Crippen LogP contribution >= 0.6 is 0 Å². The van der Waals surface area contributed by atoms with E-state index in [-0.39, 0.29) is 0 Å². The maximum Gasteiger partial charge on any atom is 0.411 e. The SMILES string of the molecule is Cc1cc(C(C)(C=O)N(C)C(=O)OC(C)(C)C)c(C)[nH]1. The molecule has 1 aromatic rings. The molecule has 1 heterocycles. The summed E-state index contributed by atoms with van der Waals surface area (Å²) in [6, 6.07) is 1.88. The van der Waals surface area contributed by atoms with Crippen molar-refractivity contribution in [2.24, 2.45) is 0 Å². The molecule has 1 atom stereocenters. The number of aldehydes is 1. The summed E-state index contributed by atoms with van der Waals surface area (Å²) in [5.41, 5.74) is 0.934. The van der Waals surface area contributed by atoms with Crippen molar-refractivity contribution in [2.45, 2.75) is 52.7 Å². The summed E-state index contributed by atoms with van der Waals surface area (Å²) in [5.74, 6) is 0. The van der Waals surface area contributed by atoms with Crippen LogP contribution in [0.2, 0.25) is 0 Å². The molecule has 1 unspecified atom stereocenters. The Labute approximate surface area is 120 Å². The summed E-state index contributed by atoms with van der Waals surface area (Å²) < 4.78 is 5.33. The normalized spacial score (nSPS) is 14.6. The lowest BCUT2D eigenvalue weighted by Gasteiger charge is -2.35. The largest absolute Gasteiger partial charge is 0.444 e. The Balaban J connectivity index is 3.14. The number of likely N-dealkylation sites (N-methyl/N-ethyl adjacent to an activating group) is 1. The molecule has 1 aromatic heterocycles. The first-order valence-corrected chi connectivity index (χ1v) is 6.61. The van der Waals surface area contributed by atoms with Crippen molar-refractivity contribution in [1.29, 1.82) is 0 Å². The Morgan fingerprint density at radius 1 is 1.30 bits per heavy atom. The monoisotopic (exact) mass is 280 g/mol. The predicted octanol–water partition coefficient (Wildman–Crippen LogP) is 2.91. The molecule has 0 fully saturated rings. The van der Waals surface area contributed by atoms with Crippen LogP contribution in [0.15, 0.2) is 6.07 Å². The van der Waals surface area contributed by atoms with E-state index in [0.717, 1.165) is 23.2 Å². The first kappa shape index (κ1) is 16.3. The molecule has 1 N–H and O–H groups in total. The van der Waals surface area contributed by atoms with Gasteiger partial charge in [-0.25, -0.2) is 4.79 Å². The highest BCUT2D eigenvalue weighted by atomic mass is 16.6. The van der Waals surface area contributed by atoms with E-state index in [1.165, 1.54) is 4.90 Å². The zero-order chi connectivity index (χ0) is 15.7. The molecule has 1 rings (SSSR count). The fourth-order valence-corrected chi connectivity index (χ4v) is 2.09. The molecule has 0 aromatic carbocycles. The van der Waals surface area contributed by atoms with Crippen LogP contribution in [0.4, 0.5) is 4.79 Å². The number of H-pyrrole nitrogens is 1. The maximum absolute atomic E-state index is 12.2. The molecular weight excluding hydrogens is 256 g/mol. The van der Waals surface area contributed by atoms with Gasteiger partial charge in [0.2, 0.25) is 0 Å². The molecule has 5 nitrogen and oxygen atoms in total. The van der Waals surface area contributed by atoms with Crippen molar-refractivity contribution in [3.8, 4) is 0 Å². The molecule has 1 amide bonds. The Bertz CT molecular complexity index is 514. The van der Waals surface area contributed by atoms with Crippen LogP contribution in [0.1, 0.15) is 44.6 Å². The van der Waals surface area contributed by atoms with Gasteiger partial charge in [0.05, 0.1) is 0 Å². The van der Waals surface area contributed by atoms with Gasteiger partial charge in [0, 0.05) is 24.0 Å². The lowest BCUT2D eigenvalue weighted by atomic mass is 9.92. The van der Waals surface area contributed by atoms with Crippen molar-refractivity contribution in [2.75, 3.05) is 7.05 Å². The number of carbonyl (C=O) groups excluding carboxylic acids is 2. The van der Waals surface area contributed by atoms with E-state index in [4.69, 9.17) is 4.74 Å². The quantitative estimate of drug-likeness (QED) is 0.866. The third-order valence-electron chi connectivity index (χ3n) is 3.29. The maximum atomic E-state index is 12.2. The van der Waals surface area contributed by atoms with Gasteiger partial charge in [-0.3, -0.25) is 4.90 Å². The number of aromatic nitrogens is 1. The minimum absolute atomic E-state index is 0.523. The van der Waals surface area contributed by atoms with E-state index in [0.29, 0.717) is 0 Å². The van der Waals surface area contributed by atoms with E-state index in [2.05, 4.69) is 4.98 Å². The lowest BCUT2D eigenvalue weighted by molar-refractivity contribution is -0.117. The fourth-order valence-electron chi connectivity index (χ4n) is 2.09. The summed E-state index contributed by atoms with van der Waals surface area (Å²) in [6.07, 6.45) is 0.248. The number of amides is 1. The van der Waals surface area contributed by atoms with E-state index < -0.39 is 17.2 Å². The van der Waals surface area contributed by atoms with E-state index in [9.17, 15) is 9.59 Å². The third kappa shape index (κ3) is 3.21. The van der Waals surface area contributed by atoms with Gasteiger partial charge in [-0.1, -0.05) is 0 Å². The summed E-state index contributed by atoms with van der Waals surface area (Å²) in [6.45, 7) is 10.9. The van der Waals surface area contributed by atoms with Gasteiger partial charge in [0.25, 0.3) is 0 Å². The summed E-state index contributed by atoms with van der Waals surface area (Å²) in [4.78, 5) is 28.3. The molecule has 0 aliphatic rings. The molecule has 0 aliphatic heterocycles. The minimum Gasteiger partial charge on any atom is -0.444 e. The van der Waals surface area contributed by atoms with Crippen LogP contribution in [0.3, 0.4) is 0 Å². The van der Waals surface area contributed by atoms with Gasteiger partial charge in [-0.05, 0) is 47.6 Å². The van der Waals surface area contributed by atoms with E-state index in [1.54, 1.807) is 34.7 Å². The molecule has 0 bridgehead atoms. The topological polar surface area (TPSA) is 62.4 Å². The molecular formula is C15H24N2O3. The molecule has 0 aliphatic carbocycles. The van der Waals surface area contributed by atoms with Crippen molar-refractivity contribution in [3.05, 3.63) is 23.0 Å². The molecule has 0 spiro atoms. The zero-order valence-electron chi connectivity index (χ0n) is 13.3. The summed E-state index contributed by atoms with van der Waals surface area (Å²) >= 11 is 0. The van der Waals surface area contributed by atoms with Crippen LogP contribution in [-0.2, 0) is 15.1 Å². The molecule has 112 valence electrons. The standard InChI is InChI=1S/C15H24N2O3/c1-10-8-12(11(2)16-10)15(6,9-18)17(7)13(19)20-14(3,4)5/h8-9,16H,1-7H3. The second-order valence-electron chi connectivity index (χ2n) is 6.30. The summed E-state index contributed by atoms with van der Waals surface area (Å²) in [5, 5.41) is 0. The Morgan fingerprint density at radius 3 is 2.20 bits per heavy atom. The van der Waals surface area contributed by atoms with Gasteiger partial charge < -0.3 is 14.5 Å². The number of rotatable bonds is 3. The fraction of sp³-hybridized carbons (Fsp3) is 0.600. The highest BCUT2D eigenvalue weighted by molar-refractivity contribution is 5.78. The van der Waals surface area contributed by atoms with Crippen molar-refractivity contribution >= 4 is 12.4 Å². The van der Waals surface area contributed by atoms with Crippen molar-refractivity contribution < 1.29 is 14.3 Å². The number of nitrogens with zero attached hydrogens (tertiary/aromatic N) is 1. The number of aromatic amines is 1. The second kappa shape index (κ2) is 5.31. The number of hydrogen-bond donors (Lipinski definition) is 1. The zero-order valence-corrected chi connectivity index (χ0v) is 13.3. The molecule has 5 heteroatoms. The van der Waals surface area contributed by atoms with Gasteiger partial charge in [-0.15, -0.1) is 0 Å². The average molecular weight is 280 g/mol. The van der Waals surface area contributed by atoms with Crippen LogP contribution < -0.4 is 0 Å². The van der Waals surface area contributed by atoms with Crippen LogP contribution in [0.5, 0.6) is 0 Å². The molecule has 20 heavy (non-hydrogen) atoms. The van der Waals surface area contributed by atoms with Crippen LogP contribution in [0, 0.1) is 13.8 Å². The number of ether oxygens (including phenoxy) is 1. The lowest BCUT2D eigenvalue weighted by Crippen LogP contribution is -2.48. The highest BCUT2D eigenvalue weighted by Crippen LogP contribution is 2.29. The van der Waals surface area contributed by atoms with Crippen LogP contribution in [-0.4, -0.2) is 34.9 Å². The Kier molecular flexibility index (Phi) is 4.32. The molecule has 0 saturated heterocycles. The van der Waals surface area contributed by atoms with Gasteiger partial charge in [0.15, 0.2) is 0 Å². The second-order valence-corrected chi connectivity index (χ2v) is 6.30. The third-order valence-corrected chi connectivity index (χ3v) is 3.29. The Morgan fingerprint density at radius 2 is 1.85 bits per heavy atom. The van der Waals surface area contributed by atoms with Crippen molar-refractivity contribution in [1.82, 2.24) is 9.88 Å². The molecule has 0 radical (unpaired) electrons. The minimum atomic E-state index is -1.06. The number of carbonyl (C=O) groups is 2.